The maximum Gasteiger partial charge on any atom is 0.164 e. The van der Waals surface area contributed by atoms with E-state index in [1.165, 1.54) is 0 Å². The third kappa shape index (κ3) is 2.08. The summed E-state index contributed by atoms with van der Waals surface area (Å²) in [6.07, 6.45) is 0.698. The molecule has 1 fully saturated rings. The number of ether oxygens (including phenoxy) is 2. The molecular formula is C7H12O3. The van der Waals surface area contributed by atoms with Gasteiger partial charge in [0.05, 0.1) is 13.0 Å². The Bertz CT molecular complexity index is 120. The normalized spacial score (nSPS) is 26.9. The molecule has 0 aromatic carbocycles. The number of carbonyl (C=O) groups is 1. The number of rotatable bonds is 2. The fourth-order valence-corrected chi connectivity index (χ4v) is 0.944. The van der Waals surface area contributed by atoms with E-state index in [1.54, 1.807) is 0 Å². The van der Waals surface area contributed by atoms with Crippen molar-refractivity contribution in [3.63, 3.8) is 0 Å². The Morgan fingerprint density at radius 3 is 3.20 bits per heavy atom. The Hall–Kier alpha value is -0.410. The summed E-state index contributed by atoms with van der Waals surface area (Å²) in [4.78, 5) is 10.8. The van der Waals surface area contributed by atoms with Gasteiger partial charge in [0.25, 0.3) is 0 Å². The minimum atomic E-state index is -0.272. The molecule has 3 nitrogen and oxygen atoms in total. The smallest absolute Gasteiger partial charge is 0.164 e. The fraction of sp³-hybridized carbons (Fsp3) is 0.857. The lowest BCUT2D eigenvalue weighted by molar-refractivity contribution is -0.169. The van der Waals surface area contributed by atoms with E-state index in [9.17, 15) is 4.79 Å². The molecule has 1 aliphatic rings. The van der Waals surface area contributed by atoms with Crippen LogP contribution in [0, 0.1) is 0 Å². The van der Waals surface area contributed by atoms with Crippen molar-refractivity contribution >= 4 is 5.78 Å². The van der Waals surface area contributed by atoms with Crippen LogP contribution in [0.3, 0.4) is 0 Å². The first kappa shape index (κ1) is 7.69. The van der Waals surface area contributed by atoms with Crippen LogP contribution in [0.2, 0.25) is 0 Å². The maximum atomic E-state index is 10.8. The van der Waals surface area contributed by atoms with Gasteiger partial charge in [-0.1, -0.05) is 0 Å². The SMILES string of the molecule is CCO[C@@H]1CC(=O)CCO1. The highest BCUT2D eigenvalue weighted by Gasteiger charge is 2.19. The maximum absolute atomic E-state index is 10.8. The van der Waals surface area contributed by atoms with Crippen molar-refractivity contribution in [2.75, 3.05) is 13.2 Å². The standard InChI is InChI=1S/C7H12O3/c1-2-9-7-5-6(8)3-4-10-7/h7H,2-5H2,1H3/t7-/m0/s1. The zero-order valence-electron chi connectivity index (χ0n) is 6.13. The van der Waals surface area contributed by atoms with Gasteiger partial charge >= 0.3 is 0 Å². The molecule has 0 N–H and O–H groups in total. The molecule has 0 aromatic heterocycles. The van der Waals surface area contributed by atoms with Crippen LogP contribution in [0.4, 0.5) is 0 Å². The minimum Gasteiger partial charge on any atom is -0.352 e. The molecule has 10 heavy (non-hydrogen) atoms. The van der Waals surface area contributed by atoms with E-state index in [2.05, 4.69) is 0 Å². The molecule has 0 bridgehead atoms. The summed E-state index contributed by atoms with van der Waals surface area (Å²) < 4.78 is 10.3. The third-order valence-corrected chi connectivity index (χ3v) is 1.43. The molecule has 0 amide bonds. The van der Waals surface area contributed by atoms with Crippen molar-refractivity contribution in [1.29, 1.82) is 0 Å². The summed E-state index contributed by atoms with van der Waals surface area (Å²) in [7, 11) is 0. The summed E-state index contributed by atoms with van der Waals surface area (Å²) in [6, 6.07) is 0. The molecule has 1 atom stereocenters. The molecule has 0 aromatic rings. The molecule has 0 aliphatic carbocycles. The molecule has 0 unspecified atom stereocenters. The second-order valence-corrected chi connectivity index (χ2v) is 2.25. The van der Waals surface area contributed by atoms with Crippen LogP contribution in [0.1, 0.15) is 19.8 Å². The van der Waals surface area contributed by atoms with Crippen LogP contribution in [-0.2, 0) is 14.3 Å². The molecule has 1 saturated heterocycles. The second kappa shape index (κ2) is 3.68. The predicted molar refractivity (Wildman–Crippen MR) is 35.6 cm³/mol. The molecule has 3 heteroatoms. The third-order valence-electron chi connectivity index (χ3n) is 1.43. The summed E-state index contributed by atoms with van der Waals surface area (Å²) in [5, 5.41) is 0. The summed E-state index contributed by atoms with van der Waals surface area (Å²) in [5.41, 5.74) is 0. The highest BCUT2D eigenvalue weighted by molar-refractivity contribution is 5.79. The summed E-state index contributed by atoms with van der Waals surface area (Å²) in [6.45, 7) is 3.02. The molecule has 58 valence electrons. The number of Topliss-reactive ketones (excluding diaryl/α,β-unsaturated/α-hetero) is 1. The average molecular weight is 144 g/mol. The van der Waals surface area contributed by atoms with Crippen molar-refractivity contribution in [3.05, 3.63) is 0 Å². The number of ketones is 1. The van der Waals surface area contributed by atoms with Gasteiger partial charge < -0.3 is 9.47 Å². The van der Waals surface area contributed by atoms with Crippen molar-refractivity contribution in [2.24, 2.45) is 0 Å². The topological polar surface area (TPSA) is 35.5 Å². The van der Waals surface area contributed by atoms with Crippen LogP contribution >= 0.6 is 0 Å². The Morgan fingerprint density at radius 2 is 2.60 bits per heavy atom. The van der Waals surface area contributed by atoms with E-state index in [0.717, 1.165) is 0 Å². The molecule has 0 spiro atoms. The van der Waals surface area contributed by atoms with Gasteiger partial charge in [0.15, 0.2) is 6.29 Å². The Labute approximate surface area is 60.3 Å². The number of carbonyl (C=O) groups excluding carboxylic acids is 1. The van der Waals surface area contributed by atoms with Gasteiger partial charge in [-0.15, -0.1) is 0 Å². The largest absolute Gasteiger partial charge is 0.352 e. The number of hydrogen-bond acceptors (Lipinski definition) is 3. The van der Waals surface area contributed by atoms with Crippen molar-refractivity contribution in [1.82, 2.24) is 0 Å². The van der Waals surface area contributed by atoms with Gasteiger partial charge in [-0.3, -0.25) is 4.79 Å². The first-order valence-corrected chi connectivity index (χ1v) is 3.58. The van der Waals surface area contributed by atoms with Crippen LogP contribution in [-0.4, -0.2) is 25.3 Å². The molecular weight excluding hydrogens is 132 g/mol. The molecule has 1 aliphatic heterocycles. The van der Waals surface area contributed by atoms with Gasteiger partial charge in [0.2, 0.25) is 0 Å². The van der Waals surface area contributed by atoms with Crippen molar-refractivity contribution < 1.29 is 14.3 Å². The lowest BCUT2D eigenvalue weighted by atomic mass is 10.2. The zero-order chi connectivity index (χ0) is 7.40. The monoisotopic (exact) mass is 144 g/mol. The van der Waals surface area contributed by atoms with E-state index < -0.39 is 0 Å². The Balaban J connectivity index is 2.25. The van der Waals surface area contributed by atoms with Crippen molar-refractivity contribution in [2.45, 2.75) is 26.1 Å². The lowest BCUT2D eigenvalue weighted by Crippen LogP contribution is -2.27. The average Bonchev–Trinajstić information content (AvgIpc) is 1.88. The van der Waals surface area contributed by atoms with E-state index >= 15 is 0 Å². The Morgan fingerprint density at radius 1 is 1.80 bits per heavy atom. The minimum absolute atomic E-state index is 0.240. The first-order chi connectivity index (χ1) is 4.83. The van der Waals surface area contributed by atoms with Crippen LogP contribution in [0.25, 0.3) is 0 Å². The molecule has 0 radical (unpaired) electrons. The van der Waals surface area contributed by atoms with Crippen LogP contribution in [0.15, 0.2) is 0 Å². The summed E-state index contributed by atoms with van der Waals surface area (Å²) in [5.74, 6) is 0.240. The van der Waals surface area contributed by atoms with Crippen LogP contribution < -0.4 is 0 Å². The van der Waals surface area contributed by atoms with E-state index in [1.807, 2.05) is 6.92 Å². The fourth-order valence-electron chi connectivity index (χ4n) is 0.944. The second-order valence-electron chi connectivity index (χ2n) is 2.25. The molecule has 0 saturated carbocycles. The number of hydrogen-bond donors (Lipinski definition) is 0. The summed E-state index contributed by atoms with van der Waals surface area (Å²) >= 11 is 0. The predicted octanol–water partition coefficient (Wildman–Crippen LogP) is 0.729. The van der Waals surface area contributed by atoms with Gasteiger partial charge in [0, 0.05) is 13.0 Å². The lowest BCUT2D eigenvalue weighted by Gasteiger charge is -2.20. The highest BCUT2D eigenvalue weighted by atomic mass is 16.7. The van der Waals surface area contributed by atoms with E-state index in [-0.39, 0.29) is 12.1 Å². The van der Waals surface area contributed by atoms with Gasteiger partial charge in [-0.05, 0) is 6.92 Å². The quantitative estimate of drug-likeness (QED) is 0.573. The zero-order valence-corrected chi connectivity index (χ0v) is 6.13. The van der Waals surface area contributed by atoms with Crippen LogP contribution in [0.5, 0.6) is 0 Å². The van der Waals surface area contributed by atoms with Gasteiger partial charge in [-0.25, -0.2) is 0 Å². The van der Waals surface area contributed by atoms with E-state index in [4.69, 9.17) is 9.47 Å². The van der Waals surface area contributed by atoms with Crippen molar-refractivity contribution in [3.8, 4) is 0 Å². The first-order valence-electron chi connectivity index (χ1n) is 3.58. The van der Waals surface area contributed by atoms with Gasteiger partial charge in [0.1, 0.15) is 5.78 Å². The highest BCUT2D eigenvalue weighted by Crippen LogP contribution is 2.09. The van der Waals surface area contributed by atoms with E-state index in [0.29, 0.717) is 26.1 Å². The Kier molecular flexibility index (Phi) is 2.83. The molecule has 1 rings (SSSR count). The molecule has 1 heterocycles. The van der Waals surface area contributed by atoms with Gasteiger partial charge in [-0.2, -0.15) is 0 Å².